The molecule has 8 heteroatoms. The van der Waals surface area contributed by atoms with Gasteiger partial charge in [-0.15, -0.1) is 0 Å². The lowest BCUT2D eigenvalue weighted by Gasteiger charge is -2.43. The molecule has 1 amide bonds. The number of unbranched alkanes of at least 4 members (excludes halogenated alkanes) is 8. The fourth-order valence-electron chi connectivity index (χ4n) is 3.42. The zero-order valence-electron chi connectivity index (χ0n) is 17.9. The van der Waals surface area contributed by atoms with Crippen LogP contribution >= 0.6 is 0 Å². The third kappa shape index (κ3) is 9.72. The van der Waals surface area contributed by atoms with E-state index in [0.717, 1.165) is 12.8 Å². The molecule has 0 radical (unpaired) electrons. The van der Waals surface area contributed by atoms with Gasteiger partial charge in [0.15, 0.2) is 0 Å². The molecule has 0 aromatic heterocycles. The molecule has 1 aliphatic heterocycles. The van der Waals surface area contributed by atoms with Crippen LogP contribution in [-0.4, -0.2) is 76.8 Å². The van der Waals surface area contributed by atoms with Crippen molar-refractivity contribution in [1.82, 2.24) is 5.32 Å². The second-order valence-electron chi connectivity index (χ2n) is 7.91. The Balaban J connectivity index is 2.04. The summed E-state index contributed by atoms with van der Waals surface area (Å²) in [5.41, 5.74) is 0. The zero-order valence-corrected chi connectivity index (χ0v) is 17.9. The monoisotopic (exact) mass is 419 g/mol. The van der Waals surface area contributed by atoms with E-state index < -0.39 is 30.7 Å². The van der Waals surface area contributed by atoms with Crippen LogP contribution < -0.4 is 5.32 Å². The molecule has 172 valence electrons. The van der Waals surface area contributed by atoms with E-state index in [9.17, 15) is 25.2 Å². The van der Waals surface area contributed by atoms with Crippen LogP contribution in [0.4, 0.5) is 0 Å². The molecule has 0 aromatic carbocycles. The van der Waals surface area contributed by atoms with Crippen molar-refractivity contribution in [1.29, 1.82) is 0 Å². The van der Waals surface area contributed by atoms with Crippen LogP contribution in [-0.2, 0) is 14.3 Å². The van der Waals surface area contributed by atoms with Crippen molar-refractivity contribution >= 4 is 5.91 Å². The molecule has 0 aliphatic carbocycles. The summed E-state index contributed by atoms with van der Waals surface area (Å²) in [6.07, 6.45) is 7.67. The predicted octanol–water partition coefficient (Wildman–Crippen LogP) is 1.23. The Morgan fingerprint density at radius 2 is 1.66 bits per heavy atom. The van der Waals surface area contributed by atoms with Crippen LogP contribution in [0, 0.1) is 0 Å². The van der Waals surface area contributed by atoms with Gasteiger partial charge in [-0.25, -0.2) is 0 Å². The highest BCUT2D eigenvalue weighted by Gasteiger charge is 2.50. The van der Waals surface area contributed by atoms with Crippen LogP contribution in [0.5, 0.6) is 0 Å². The second-order valence-corrected chi connectivity index (χ2v) is 7.91. The number of aliphatic hydroxyl groups is 4. The maximum absolute atomic E-state index is 11.8. The van der Waals surface area contributed by atoms with E-state index in [1.807, 2.05) is 0 Å². The number of carbonyl (C=O) groups excluding carboxylic acids is 1. The summed E-state index contributed by atoms with van der Waals surface area (Å²) in [6.45, 7) is 1.87. The summed E-state index contributed by atoms with van der Waals surface area (Å²) in [5, 5.41) is 41.6. The van der Waals surface area contributed by atoms with Crippen molar-refractivity contribution in [3.63, 3.8) is 0 Å². The molecule has 0 saturated carbocycles. The number of amides is 1. The van der Waals surface area contributed by atoms with Crippen molar-refractivity contribution in [3.8, 4) is 0 Å². The van der Waals surface area contributed by atoms with E-state index in [0.29, 0.717) is 19.4 Å². The fraction of sp³-hybridized carbons (Fsp3) is 0.952. The molecule has 1 aliphatic rings. The molecule has 8 nitrogen and oxygen atoms in total. The molecular weight excluding hydrogens is 378 g/mol. The van der Waals surface area contributed by atoms with Gasteiger partial charge in [0.25, 0.3) is 0 Å². The lowest BCUT2D eigenvalue weighted by molar-refractivity contribution is -0.348. The molecule has 1 saturated heterocycles. The average molecular weight is 420 g/mol. The lowest BCUT2D eigenvalue weighted by atomic mass is 9.97. The first-order valence-corrected chi connectivity index (χ1v) is 11.2. The van der Waals surface area contributed by atoms with Crippen molar-refractivity contribution in [2.75, 3.05) is 26.4 Å². The Kier molecular flexibility index (Phi) is 13.7. The van der Waals surface area contributed by atoms with Crippen molar-refractivity contribution in [3.05, 3.63) is 0 Å². The van der Waals surface area contributed by atoms with Gasteiger partial charge in [0.05, 0.1) is 13.2 Å². The summed E-state index contributed by atoms with van der Waals surface area (Å²) in [4.78, 5) is 11.8. The van der Waals surface area contributed by atoms with Gasteiger partial charge in [0.1, 0.15) is 24.9 Å². The number of carbonyl (C=O) groups is 1. The Morgan fingerprint density at radius 1 is 1.03 bits per heavy atom. The van der Waals surface area contributed by atoms with Gasteiger partial charge < -0.3 is 35.2 Å². The highest BCUT2D eigenvalue weighted by molar-refractivity contribution is 5.75. The summed E-state index contributed by atoms with van der Waals surface area (Å²) < 4.78 is 10.7. The largest absolute Gasteiger partial charge is 0.391 e. The molecular formula is C21H41NO7. The molecule has 5 N–H and O–H groups in total. The minimum atomic E-state index is -1.75. The predicted molar refractivity (Wildman–Crippen MR) is 109 cm³/mol. The fourth-order valence-corrected chi connectivity index (χ4v) is 3.42. The minimum absolute atomic E-state index is 0.0114. The van der Waals surface area contributed by atoms with Crippen LogP contribution in [0.25, 0.3) is 0 Å². The molecule has 1 fully saturated rings. The van der Waals surface area contributed by atoms with Crippen LogP contribution in [0.1, 0.15) is 77.6 Å². The van der Waals surface area contributed by atoms with Crippen molar-refractivity contribution in [2.45, 2.75) is 102 Å². The first kappa shape index (κ1) is 26.3. The molecule has 0 aromatic rings. The molecule has 1 rings (SSSR count). The summed E-state index contributed by atoms with van der Waals surface area (Å²) in [7, 11) is 0. The highest BCUT2D eigenvalue weighted by atomic mass is 16.7. The third-order valence-corrected chi connectivity index (χ3v) is 5.38. The second kappa shape index (κ2) is 15.1. The number of rotatable bonds is 16. The summed E-state index contributed by atoms with van der Waals surface area (Å²) >= 11 is 0. The van der Waals surface area contributed by atoms with Gasteiger partial charge in [-0.1, -0.05) is 58.3 Å². The van der Waals surface area contributed by atoms with E-state index in [4.69, 9.17) is 9.47 Å². The van der Waals surface area contributed by atoms with Gasteiger partial charge >= 0.3 is 0 Å². The summed E-state index contributed by atoms with van der Waals surface area (Å²) in [6, 6.07) is 0. The number of ether oxygens (including phenoxy) is 2. The minimum Gasteiger partial charge on any atom is -0.391 e. The van der Waals surface area contributed by atoms with E-state index in [1.54, 1.807) is 0 Å². The van der Waals surface area contributed by atoms with Crippen molar-refractivity contribution in [2.24, 2.45) is 0 Å². The third-order valence-electron chi connectivity index (χ3n) is 5.38. The smallest absolute Gasteiger partial charge is 0.221 e. The Labute approximate surface area is 174 Å². The number of aliphatic hydroxyl groups excluding tert-OH is 4. The Hall–Kier alpha value is -0.770. The van der Waals surface area contributed by atoms with Crippen LogP contribution in [0.15, 0.2) is 0 Å². The van der Waals surface area contributed by atoms with Gasteiger partial charge in [-0.2, -0.15) is 0 Å². The first-order chi connectivity index (χ1) is 14.0. The summed E-state index contributed by atoms with van der Waals surface area (Å²) in [5.74, 6) is -1.74. The molecule has 1 heterocycles. The SMILES string of the molecule is CCCCCCCCCCCC(=O)NCCCO[C@]1(CO)OC[C@@H](O)[C@@H](O)[C@@H]1O. The lowest BCUT2D eigenvalue weighted by Crippen LogP contribution is -2.63. The molecule has 0 unspecified atom stereocenters. The molecule has 0 bridgehead atoms. The number of hydrogen-bond acceptors (Lipinski definition) is 7. The maximum atomic E-state index is 11.8. The number of hydrogen-bond donors (Lipinski definition) is 5. The van der Waals surface area contributed by atoms with Gasteiger partial charge in [0, 0.05) is 13.0 Å². The Bertz CT molecular complexity index is 437. The Morgan fingerprint density at radius 3 is 2.28 bits per heavy atom. The van der Waals surface area contributed by atoms with Gasteiger partial charge in [0.2, 0.25) is 11.7 Å². The first-order valence-electron chi connectivity index (χ1n) is 11.2. The van der Waals surface area contributed by atoms with Gasteiger partial charge in [-0.05, 0) is 12.8 Å². The topological polar surface area (TPSA) is 128 Å². The van der Waals surface area contributed by atoms with E-state index >= 15 is 0 Å². The van der Waals surface area contributed by atoms with Crippen molar-refractivity contribution < 1.29 is 34.7 Å². The normalized spacial score (nSPS) is 27.1. The highest BCUT2D eigenvalue weighted by Crippen LogP contribution is 2.27. The van der Waals surface area contributed by atoms with E-state index in [2.05, 4.69) is 12.2 Å². The maximum Gasteiger partial charge on any atom is 0.221 e. The van der Waals surface area contributed by atoms with Crippen LogP contribution in [0.3, 0.4) is 0 Å². The van der Waals surface area contributed by atoms with Crippen LogP contribution in [0.2, 0.25) is 0 Å². The number of nitrogens with one attached hydrogen (secondary N) is 1. The molecule has 0 spiro atoms. The average Bonchev–Trinajstić information content (AvgIpc) is 2.72. The molecule has 29 heavy (non-hydrogen) atoms. The zero-order chi connectivity index (χ0) is 21.5. The van der Waals surface area contributed by atoms with Gasteiger partial charge in [-0.3, -0.25) is 4.79 Å². The van der Waals surface area contributed by atoms with E-state index in [-0.39, 0.29) is 19.1 Å². The van der Waals surface area contributed by atoms with E-state index in [1.165, 1.54) is 44.9 Å². The molecule has 4 atom stereocenters. The quantitative estimate of drug-likeness (QED) is 0.238. The standard InChI is InChI=1S/C21H41NO7/c1-2-3-4-5-6-7-8-9-10-12-18(25)22-13-11-14-28-21(16-23)20(27)19(26)17(24)15-29-21/h17,19-20,23-24,26-27H,2-16H2,1H3,(H,22,25)/t17-,19-,20+,21-/m1/s1.